The number of rotatable bonds is 5. The molecule has 9 heteroatoms. The smallest absolute Gasteiger partial charge is 0.250 e. The lowest BCUT2D eigenvalue weighted by Crippen LogP contribution is -2.30. The van der Waals surface area contributed by atoms with Gasteiger partial charge in [0.1, 0.15) is 0 Å². The van der Waals surface area contributed by atoms with E-state index in [0.29, 0.717) is 13.1 Å². The summed E-state index contributed by atoms with van der Waals surface area (Å²) in [5.41, 5.74) is 2.34. The molecule has 1 saturated heterocycles. The predicted octanol–water partition coefficient (Wildman–Crippen LogP) is 3.06. The second-order valence-corrected chi connectivity index (χ2v) is 10.1. The Morgan fingerprint density at radius 3 is 2.57 bits per heavy atom. The van der Waals surface area contributed by atoms with Crippen LogP contribution in [0.4, 0.5) is 0 Å². The maximum Gasteiger partial charge on any atom is 0.250 e. The van der Waals surface area contributed by atoms with Gasteiger partial charge < -0.3 is 4.57 Å². The van der Waals surface area contributed by atoms with Gasteiger partial charge in [-0.05, 0) is 18.9 Å². The van der Waals surface area contributed by atoms with E-state index in [-0.39, 0.29) is 17.0 Å². The molecule has 30 heavy (non-hydrogen) atoms. The first-order chi connectivity index (χ1) is 14.5. The fraction of sp³-hybridized carbons (Fsp3) is 0.238. The van der Waals surface area contributed by atoms with E-state index in [1.807, 2.05) is 46.3 Å². The van der Waals surface area contributed by atoms with Crippen LogP contribution in [0.5, 0.6) is 0 Å². The van der Waals surface area contributed by atoms with Crippen molar-refractivity contribution in [3.05, 3.63) is 76.3 Å². The molecular formula is C21H20N4O3S2. The average Bonchev–Trinajstić information content (AvgIpc) is 3.49. The summed E-state index contributed by atoms with van der Waals surface area (Å²) in [6.07, 6.45) is 5.11. The largest absolute Gasteiger partial charge is 0.308 e. The Hall–Kier alpha value is -2.75. The molecule has 0 spiro atoms. The Balaban J connectivity index is 1.59. The number of benzene rings is 1. The molecular weight excluding hydrogens is 420 g/mol. The predicted molar refractivity (Wildman–Crippen MR) is 116 cm³/mol. The number of nitrogens with zero attached hydrogens (tertiary/aromatic N) is 4. The van der Waals surface area contributed by atoms with Gasteiger partial charge >= 0.3 is 0 Å². The Kier molecular flexibility index (Phi) is 4.80. The van der Waals surface area contributed by atoms with Gasteiger partial charge in [-0.3, -0.25) is 9.20 Å². The third-order valence-electron chi connectivity index (χ3n) is 5.39. The van der Waals surface area contributed by atoms with Crippen LogP contribution in [0.3, 0.4) is 0 Å². The van der Waals surface area contributed by atoms with Crippen LogP contribution in [-0.2, 0) is 16.6 Å². The van der Waals surface area contributed by atoms with Crippen LogP contribution in [0.1, 0.15) is 18.5 Å². The van der Waals surface area contributed by atoms with E-state index in [9.17, 15) is 13.2 Å². The number of hydrogen-bond donors (Lipinski definition) is 0. The van der Waals surface area contributed by atoms with Crippen LogP contribution < -0.4 is 5.56 Å². The van der Waals surface area contributed by atoms with Crippen LogP contribution in [0.2, 0.25) is 0 Å². The third-order valence-corrected chi connectivity index (χ3v) is 8.03. The van der Waals surface area contributed by atoms with Crippen molar-refractivity contribution in [2.75, 3.05) is 13.1 Å². The summed E-state index contributed by atoms with van der Waals surface area (Å²) in [6, 6.07) is 12.5. The van der Waals surface area contributed by atoms with E-state index in [1.54, 1.807) is 0 Å². The zero-order valence-electron chi connectivity index (χ0n) is 16.1. The molecule has 4 heterocycles. The normalized spacial score (nSPS) is 15.2. The molecule has 4 aromatic rings. The van der Waals surface area contributed by atoms with Gasteiger partial charge in [0.05, 0.1) is 22.8 Å². The van der Waals surface area contributed by atoms with Gasteiger partial charge in [0.15, 0.2) is 4.96 Å². The molecule has 0 radical (unpaired) electrons. The highest BCUT2D eigenvalue weighted by atomic mass is 32.2. The lowest BCUT2D eigenvalue weighted by molar-refractivity contribution is 0.476. The number of pyridine rings is 1. The number of fused-ring (bicyclic) bond motifs is 1. The molecule has 7 nitrogen and oxygen atoms in total. The summed E-state index contributed by atoms with van der Waals surface area (Å²) in [7, 11) is -3.60. The minimum atomic E-state index is -3.60. The van der Waals surface area contributed by atoms with Gasteiger partial charge in [-0.15, -0.1) is 11.3 Å². The fourth-order valence-corrected chi connectivity index (χ4v) is 6.11. The molecule has 0 atom stereocenters. The molecule has 1 aliphatic heterocycles. The summed E-state index contributed by atoms with van der Waals surface area (Å²) < 4.78 is 30.8. The Labute approximate surface area is 177 Å². The number of aromatic nitrogens is 3. The van der Waals surface area contributed by atoms with E-state index in [0.717, 1.165) is 34.8 Å². The minimum Gasteiger partial charge on any atom is -0.308 e. The van der Waals surface area contributed by atoms with Gasteiger partial charge in [-0.1, -0.05) is 30.3 Å². The quantitative estimate of drug-likeness (QED) is 0.478. The van der Waals surface area contributed by atoms with E-state index in [2.05, 4.69) is 0 Å². The second-order valence-electron chi connectivity index (χ2n) is 7.27. The summed E-state index contributed by atoms with van der Waals surface area (Å²) >= 11 is 1.52. The van der Waals surface area contributed by atoms with E-state index < -0.39 is 10.0 Å². The summed E-state index contributed by atoms with van der Waals surface area (Å²) in [4.78, 5) is 18.3. The SMILES string of the molecule is O=c1ccc(S(=O)(=O)N2CCCC2)cn1Cc1c(-c2ccccc2)nc2sccn12. The average molecular weight is 441 g/mol. The molecule has 0 unspecified atom stereocenters. The van der Waals surface area contributed by atoms with E-state index in [1.165, 1.54) is 38.5 Å². The highest BCUT2D eigenvalue weighted by Gasteiger charge is 2.28. The zero-order chi connectivity index (χ0) is 20.7. The molecule has 5 rings (SSSR count). The first kappa shape index (κ1) is 19.2. The van der Waals surface area contributed by atoms with Gasteiger partial charge in [0, 0.05) is 42.5 Å². The highest BCUT2D eigenvalue weighted by molar-refractivity contribution is 7.89. The molecule has 1 aromatic carbocycles. The summed E-state index contributed by atoms with van der Waals surface area (Å²) in [6.45, 7) is 1.28. The topological polar surface area (TPSA) is 76.7 Å². The van der Waals surface area contributed by atoms with Crippen LogP contribution in [-0.4, -0.2) is 39.8 Å². The Morgan fingerprint density at radius 1 is 1.03 bits per heavy atom. The van der Waals surface area contributed by atoms with Crippen LogP contribution in [0.15, 0.2) is 69.9 Å². The molecule has 0 N–H and O–H groups in total. The zero-order valence-corrected chi connectivity index (χ0v) is 17.8. The fourth-order valence-electron chi connectivity index (χ4n) is 3.84. The molecule has 1 aliphatic rings. The summed E-state index contributed by atoms with van der Waals surface area (Å²) in [5, 5.41) is 1.94. The van der Waals surface area contributed by atoms with Crippen molar-refractivity contribution < 1.29 is 8.42 Å². The van der Waals surface area contributed by atoms with Gasteiger partial charge in [-0.25, -0.2) is 13.4 Å². The van der Waals surface area contributed by atoms with Crippen LogP contribution in [0, 0.1) is 0 Å². The van der Waals surface area contributed by atoms with Crippen molar-refractivity contribution in [3.63, 3.8) is 0 Å². The number of imidazole rings is 1. The lowest BCUT2D eigenvalue weighted by Gasteiger charge is -2.16. The Bertz CT molecular complexity index is 1360. The molecule has 1 fully saturated rings. The molecule has 0 saturated carbocycles. The van der Waals surface area contributed by atoms with Crippen LogP contribution >= 0.6 is 11.3 Å². The first-order valence-electron chi connectivity index (χ1n) is 9.74. The van der Waals surface area contributed by atoms with Crippen molar-refractivity contribution in [2.45, 2.75) is 24.3 Å². The second kappa shape index (κ2) is 7.50. The van der Waals surface area contributed by atoms with Crippen molar-refractivity contribution in [3.8, 4) is 11.3 Å². The Morgan fingerprint density at radius 2 is 1.80 bits per heavy atom. The molecule has 3 aromatic heterocycles. The number of sulfonamides is 1. The molecule has 154 valence electrons. The number of thiazole rings is 1. The van der Waals surface area contributed by atoms with E-state index in [4.69, 9.17) is 4.98 Å². The maximum absolute atomic E-state index is 13.0. The van der Waals surface area contributed by atoms with E-state index >= 15 is 0 Å². The standard InChI is InChI=1S/C21H20N4O3S2/c26-19-9-8-17(30(27,28)24-10-4-5-11-24)14-23(19)15-18-20(16-6-2-1-3-7-16)22-21-25(18)12-13-29-21/h1-3,6-9,12-14H,4-5,10-11,15H2. The van der Waals surface area contributed by atoms with Gasteiger partial charge in [-0.2, -0.15) is 4.31 Å². The van der Waals surface area contributed by atoms with Crippen LogP contribution in [0.25, 0.3) is 16.2 Å². The molecule has 0 amide bonds. The molecule has 0 bridgehead atoms. The highest BCUT2D eigenvalue weighted by Crippen LogP contribution is 2.27. The van der Waals surface area contributed by atoms with Gasteiger partial charge in [0.25, 0.3) is 5.56 Å². The van der Waals surface area contributed by atoms with Gasteiger partial charge in [0.2, 0.25) is 10.0 Å². The summed E-state index contributed by atoms with van der Waals surface area (Å²) in [5.74, 6) is 0. The van der Waals surface area contributed by atoms with Crippen molar-refractivity contribution in [1.82, 2.24) is 18.3 Å². The number of hydrogen-bond acceptors (Lipinski definition) is 5. The third kappa shape index (κ3) is 3.28. The monoisotopic (exact) mass is 440 g/mol. The van der Waals surface area contributed by atoms with Crippen molar-refractivity contribution in [1.29, 1.82) is 0 Å². The molecule has 0 aliphatic carbocycles. The lowest BCUT2D eigenvalue weighted by atomic mass is 10.1. The van der Waals surface area contributed by atoms with Crippen molar-refractivity contribution in [2.24, 2.45) is 0 Å². The first-order valence-corrected chi connectivity index (χ1v) is 12.1. The van der Waals surface area contributed by atoms with Crippen molar-refractivity contribution >= 4 is 26.3 Å². The minimum absolute atomic E-state index is 0.149. The maximum atomic E-state index is 13.0.